The van der Waals surface area contributed by atoms with E-state index in [4.69, 9.17) is 9.47 Å². The standard InChI is InChI=1S/C26H28F3N3O3/c1-4-5-25(33)35-23-11-6-19(14-18(23)2)17-32(12-13-34-3)24-16-30-15-22(31-24)20-7-9-21(10-8-20)26(27,28)29/h6-11,14-16H,4-5,12-13,17H2,1-3H3. The molecule has 0 unspecified atom stereocenters. The highest BCUT2D eigenvalue weighted by molar-refractivity contribution is 5.72. The Bertz CT molecular complexity index is 1130. The van der Waals surface area contributed by atoms with Crippen LogP contribution in [0.15, 0.2) is 54.9 Å². The van der Waals surface area contributed by atoms with Gasteiger partial charge in [-0.1, -0.05) is 31.2 Å². The van der Waals surface area contributed by atoms with Gasteiger partial charge in [-0.25, -0.2) is 4.98 Å². The molecular formula is C26H28F3N3O3. The largest absolute Gasteiger partial charge is 0.426 e. The van der Waals surface area contributed by atoms with E-state index in [0.717, 1.165) is 29.7 Å². The molecule has 0 aliphatic rings. The monoisotopic (exact) mass is 487 g/mol. The molecule has 0 spiro atoms. The van der Waals surface area contributed by atoms with Gasteiger partial charge in [0.15, 0.2) is 0 Å². The number of benzene rings is 2. The summed E-state index contributed by atoms with van der Waals surface area (Å²) in [6.45, 7) is 5.24. The minimum absolute atomic E-state index is 0.263. The number of rotatable bonds is 10. The Morgan fingerprint density at radius 1 is 1.09 bits per heavy atom. The number of nitrogens with zero attached hydrogens (tertiary/aromatic N) is 3. The van der Waals surface area contributed by atoms with Crippen molar-refractivity contribution in [2.24, 2.45) is 0 Å². The van der Waals surface area contributed by atoms with Crippen LogP contribution in [0.25, 0.3) is 11.3 Å². The van der Waals surface area contributed by atoms with E-state index in [9.17, 15) is 18.0 Å². The fourth-order valence-electron chi connectivity index (χ4n) is 3.48. The molecule has 0 radical (unpaired) electrons. The van der Waals surface area contributed by atoms with Gasteiger partial charge in [0.2, 0.25) is 0 Å². The molecule has 0 N–H and O–H groups in total. The molecule has 0 aliphatic heterocycles. The highest BCUT2D eigenvalue weighted by Crippen LogP contribution is 2.31. The second-order valence-electron chi connectivity index (χ2n) is 8.08. The number of aromatic nitrogens is 2. The number of alkyl halides is 3. The molecule has 0 amide bonds. The second-order valence-corrected chi connectivity index (χ2v) is 8.08. The van der Waals surface area contributed by atoms with E-state index in [0.29, 0.717) is 48.9 Å². The van der Waals surface area contributed by atoms with Crippen LogP contribution in [-0.2, 0) is 22.3 Å². The molecule has 2 aromatic carbocycles. The number of carbonyl (C=O) groups excluding carboxylic acids is 1. The van der Waals surface area contributed by atoms with Crippen LogP contribution in [0.1, 0.15) is 36.5 Å². The number of halogens is 3. The van der Waals surface area contributed by atoms with Crippen molar-refractivity contribution in [1.29, 1.82) is 0 Å². The molecule has 0 fully saturated rings. The molecule has 0 saturated carbocycles. The molecule has 35 heavy (non-hydrogen) atoms. The summed E-state index contributed by atoms with van der Waals surface area (Å²) in [6.07, 6.45) is -0.191. The van der Waals surface area contributed by atoms with Crippen molar-refractivity contribution in [3.63, 3.8) is 0 Å². The lowest BCUT2D eigenvalue weighted by atomic mass is 10.1. The number of methoxy groups -OCH3 is 1. The molecule has 3 rings (SSSR count). The zero-order valence-corrected chi connectivity index (χ0v) is 19.9. The van der Waals surface area contributed by atoms with E-state index in [1.165, 1.54) is 18.3 Å². The molecule has 1 heterocycles. The summed E-state index contributed by atoms with van der Waals surface area (Å²) >= 11 is 0. The van der Waals surface area contributed by atoms with Gasteiger partial charge in [-0.05, 0) is 42.7 Å². The number of aryl methyl sites for hydroxylation is 1. The summed E-state index contributed by atoms with van der Waals surface area (Å²) in [4.78, 5) is 22.7. The Hall–Kier alpha value is -3.46. The first-order valence-electron chi connectivity index (χ1n) is 11.2. The Morgan fingerprint density at radius 2 is 1.83 bits per heavy atom. The van der Waals surface area contributed by atoms with Crippen molar-refractivity contribution in [1.82, 2.24) is 9.97 Å². The Kier molecular flexibility index (Phi) is 8.81. The van der Waals surface area contributed by atoms with Gasteiger partial charge in [-0.2, -0.15) is 13.2 Å². The molecule has 1 aromatic heterocycles. The topological polar surface area (TPSA) is 64.5 Å². The van der Waals surface area contributed by atoms with Gasteiger partial charge in [0.1, 0.15) is 11.6 Å². The van der Waals surface area contributed by atoms with Gasteiger partial charge in [-0.15, -0.1) is 0 Å². The van der Waals surface area contributed by atoms with Gasteiger partial charge < -0.3 is 14.4 Å². The number of carbonyl (C=O) groups is 1. The third kappa shape index (κ3) is 7.26. The molecule has 0 aliphatic carbocycles. The predicted molar refractivity (Wildman–Crippen MR) is 127 cm³/mol. The SMILES string of the molecule is CCCC(=O)Oc1ccc(CN(CCOC)c2cncc(-c3ccc(C(F)(F)F)cc3)n2)cc1C. The lowest BCUT2D eigenvalue weighted by molar-refractivity contribution is -0.137. The average molecular weight is 488 g/mol. The number of anilines is 1. The van der Waals surface area contributed by atoms with E-state index in [1.807, 2.05) is 30.9 Å². The minimum atomic E-state index is -4.40. The fourth-order valence-corrected chi connectivity index (χ4v) is 3.48. The molecule has 0 atom stereocenters. The summed E-state index contributed by atoms with van der Waals surface area (Å²) < 4.78 is 49.4. The van der Waals surface area contributed by atoms with Crippen LogP contribution >= 0.6 is 0 Å². The van der Waals surface area contributed by atoms with Gasteiger partial charge in [0.25, 0.3) is 0 Å². The first kappa shape index (κ1) is 26.2. The first-order valence-corrected chi connectivity index (χ1v) is 11.2. The predicted octanol–water partition coefficient (Wildman–Crippen LogP) is 5.83. The molecule has 0 saturated heterocycles. The first-order chi connectivity index (χ1) is 16.7. The Balaban J connectivity index is 1.82. The van der Waals surface area contributed by atoms with E-state index in [-0.39, 0.29) is 5.97 Å². The molecular weight excluding hydrogens is 459 g/mol. The van der Waals surface area contributed by atoms with Crippen molar-refractivity contribution < 1.29 is 27.4 Å². The van der Waals surface area contributed by atoms with Gasteiger partial charge in [0.05, 0.1) is 30.3 Å². The quantitative estimate of drug-likeness (QED) is 0.265. The molecule has 6 nitrogen and oxygen atoms in total. The van der Waals surface area contributed by atoms with Crippen molar-refractivity contribution in [2.75, 3.05) is 25.2 Å². The highest BCUT2D eigenvalue weighted by atomic mass is 19.4. The normalized spacial score (nSPS) is 11.4. The zero-order chi connectivity index (χ0) is 25.4. The number of ether oxygens (including phenoxy) is 2. The van der Waals surface area contributed by atoms with Crippen LogP contribution in [-0.4, -0.2) is 36.2 Å². The van der Waals surface area contributed by atoms with Crippen LogP contribution in [0, 0.1) is 6.92 Å². The minimum Gasteiger partial charge on any atom is -0.426 e. The summed E-state index contributed by atoms with van der Waals surface area (Å²) in [7, 11) is 1.60. The number of esters is 1. The van der Waals surface area contributed by atoms with Crippen molar-refractivity contribution in [2.45, 2.75) is 39.4 Å². The number of hydrogen-bond acceptors (Lipinski definition) is 6. The summed E-state index contributed by atoms with van der Waals surface area (Å²) in [5, 5.41) is 0. The average Bonchev–Trinajstić information content (AvgIpc) is 2.83. The zero-order valence-electron chi connectivity index (χ0n) is 19.9. The van der Waals surface area contributed by atoms with Gasteiger partial charge >= 0.3 is 12.1 Å². The third-order valence-corrected chi connectivity index (χ3v) is 5.31. The van der Waals surface area contributed by atoms with Crippen LogP contribution in [0.2, 0.25) is 0 Å². The molecule has 0 bridgehead atoms. The second kappa shape index (κ2) is 11.8. The Labute approximate surface area is 202 Å². The highest BCUT2D eigenvalue weighted by Gasteiger charge is 2.30. The smallest absolute Gasteiger partial charge is 0.416 e. The van der Waals surface area contributed by atoms with Crippen LogP contribution in [0.4, 0.5) is 19.0 Å². The summed E-state index contributed by atoms with van der Waals surface area (Å²) in [6, 6.07) is 10.4. The van der Waals surface area contributed by atoms with Crippen molar-refractivity contribution in [3.05, 3.63) is 71.5 Å². The van der Waals surface area contributed by atoms with E-state index in [1.54, 1.807) is 19.4 Å². The maximum atomic E-state index is 12.9. The maximum Gasteiger partial charge on any atom is 0.416 e. The number of hydrogen-bond donors (Lipinski definition) is 0. The van der Waals surface area contributed by atoms with Crippen molar-refractivity contribution in [3.8, 4) is 17.0 Å². The fraction of sp³-hybridized carbons (Fsp3) is 0.346. The van der Waals surface area contributed by atoms with E-state index < -0.39 is 11.7 Å². The lowest BCUT2D eigenvalue weighted by Gasteiger charge is -2.24. The van der Waals surface area contributed by atoms with E-state index >= 15 is 0 Å². The van der Waals surface area contributed by atoms with Crippen LogP contribution in [0.5, 0.6) is 5.75 Å². The summed E-state index contributed by atoms with van der Waals surface area (Å²) in [5.41, 5.74) is 2.09. The summed E-state index contributed by atoms with van der Waals surface area (Å²) in [5.74, 6) is 0.829. The van der Waals surface area contributed by atoms with Crippen LogP contribution < -0.4 is 9.64 Å². The maximum absolute atomic E-state index is 12.9. The molecule has 3 aromatic rings. The van der Waals surface area contributed by atoms with E-state index in [2.05, 4.69) is 9.97 Å². The van der Waals surface area contributed by atoms with Gasteiger partial charge in [0, 0.05) is 32.2 Å². The molecule has 186 valence electrons. The molecule has 9 heteroatoms. The van der Waals surface area contributed by atoms with Crippen molar-refractivity contribution >= 4 is 11.8 Å². The lowest BCUT2D eigenvalue weighted by Crippen LogP contribution is -2.28. The Morgan fingerprint density at radius 3 is 2.46 bits per heavy atom. The third-order valence-electron chi connectivity index (χ3n) is 5.31. The van der Waals surface area contributed by atoms with Crippen LogP contribution in [0.3, 0.4) is 0 Å². The van der Waals surface area contributed by atoms with Gasteiger partial charge in [-0.3, -0.25) is 9.78 Å².